The Kier molecular flexibility index (Phi) is 5.19. The molecule has 1 aromatic heterocycles. The summed E-state index contributed by atoms with van der Waals surface area (Å²) in [6, 6.07) is 0.477. The van der Waals surface area contributed by atoms with Crippen LogP contribution in [0.15, 0.2) is 6.33 Å². The van der Waals surface area contributed by atoms with Gasteiger partial charge < -0.3 is 10.6 Å². The Balaban J connectivity index is 2.99. The first-order valence-corrected chi connectivity index (χ1v) is 6.43. The molecule has 0 aliphatic carbocycles. The van der Waals surface area contributed by atoms with E-state index in [0.29, 0.717) is 11.9 Å². The molecular weight excluding hydrogens is 212 g/mol. The molecule has 0 saturated heterocycles. The molecule has 1 unspecified atom stereocenters. The first-order chi connectivity index (χ1) is 8.11. The SMILES string of the molecule is CCCc1c(N)ncnc1N(C)C(C)CCC. The van der Waals surface area contributed by atoms with Crippen molar-refractivity contribution >= 4 is 11.6 Å². The van der Waals surface area contributed by atoms with E-state index in [4.69, 9.17) is 5.73 Å². The highest BCUT2D eigenvalue weighted by Crippen LogP contribution is 2.24. The van der Waals surface area contributed by atoms with Gasteiger partial charge in [0.15, 0.2) is 0 Å². The van der Waals surface area contributed by atoms with E-state index in [-0.39, 0.29) is 0 Å². The largest absolute Gasteiger partial charge is 0.383 e. The average molecular weight is 236 g/mol. The number of hydrogen-bond acceptors (Lipinski definition) is 4. The zero-order valence-corrected chi connectivity index (χ0v) is 11.4. The van der Waals surface area contributed by atoms with Crippen LogP contribution in [0.5, 0.6) is 0 Å². The number of hydrogen-bond donors (Lipinski definition) is 1. The second-order valence-corrected chi connectivity index (χ2v) is 4.56. The number of nitrogens with zero attached hydrogens (tertiary/aromatic N) is 3. The van der Waals surface area contributed by atoms with Crippen LogP contribution in [-0.2, 0) is 6.42 Å². The summed E-state index contributed by atoms with van der Waals surface area (Å²) in [4.78, 5) is 10.7. The quantitative estimate of drug-likeness (QED) is 0.825. The summed E-state index contributed by atoms with van der Waals surface area (Å²) in [6.45, 7) is 6.56. The molecule has 0 saturated carbocycles. The normalized spacial score (nSPS) is 12.5. The van der Waals surface area contributed by atoms with Crippen molar-refractivity contribution in [2.75, 3.05) is 17.7 Å². The van der Waals surface area contributed by atoms with Crippen molar-refractivity contribution in [2.24, 2.45) is 0 Å². The third-order valence-electron chi connectivity index (χ3n) is 3.16. The van der Waals surface area contributed by atoms with Gasteiger partial charge in [0.1, 0.15) is 18.0 Å². The Bertz CT molecular complexity index is 351. The minimum absolute atomic E-state index is 0.477. The molecule has 0 aromatic carbocycles. The zero-order chi connectivity index (χ0) is 12.8. The highest BCUT2D eigenvalue weighted by molar-refractivity contribution is 5.56. The maximum atomic E-state index is 5.94. The highest BCUT2D eigenvalue weighted by Gasteiger charge is 2.16. The van der Waals surface area contributed by atoms with Crippen LogP contribution in [0.3, 0.4) is 0 Å². The molecule has 0 aliphatic heterocycles. The lowest BCUT2D eigenvalue weighted by molar-refractivity contribution is 0.608. The van der Waals surface area contributed by atoms with E-state index >= 15 is 0 Å². The fourth-order valence-corrected chi connectivity index (χ4v) is 2.03. The Labute approximate surface area is 104 Å². The van der Waals surface area contributed by atoms with E-state index < -0.39 is 0 Å². The van der Waals surface area contributed by atoms with Crippen molar-refractivity contribution in [2.45, 2.75) is 52.5 Å². The van der Waals surface area contributed by atoms with Crippen LogP contribution in [0.1, 0.15) is 45.6 Å². The minimum Gasteiger partial charge on any atom is -0.383 e. The lowest BCUT2D eigenvalue weighted by Gasteiger charge is -2.27. The van der Waals surface area contributed by atoms with Gasteiger partial charge in [-0.2, -0.15) is 0 Å². The smallest absolute Gasteiger partial charge is 0.137 e. The van der Waals surface area contributed by atoms with Gasteiger partial charge in [-0.25, -0.2) is 9.97 Å². The molecular formula is C13H24N4. The van der Waals surface area contributed by atoms with Crippen molar-refractivity contribution in [3.05, 3.63) is 11.9 Å². The number of nitrogen functional groups attached to an aromatic ring is 1. The molecule has 1 rings (SSSR count). The van der Waals surface area contributed by atoms with Gasteiger partial charge in [0.05, 0.1) is 0 Å². The van der Waals surface area contributed by atoms with Crippen LogP contribution in [0.4, 0.5) is 11.6 Å². The fourth-order valence-electron chi connectivity index (χ4n) is 2.03. The maximum Gasteiger partial charge on any atom is 0.137 e. The lowest BCUT2D eigenvalue weighted by Crippen LogP contribution is -2.30. The molecule has 0 aliphatic rings. The molecule has 0 fully saturated rings. The summed E-state index contributed by atoms with van der Waals surface area (Å²) in [5.74, 6) is 1.60. The van der Waals surface area contributed by atoms with Crippen molar-refractivity contribution in [3.8, 4) is 0 Å². The number of nitrogens with two attached hydrogens (primary N) is 1. The summed E-state index contributed by atoms with van der Waals surface area (Å²) in [6.07, 6.45) is 5.88. The molecule has 0 bridgehead atoms. The standard InChI is InChI=1S/C13H24N4/c1-5-7-10(3)17(4)13-11(8-6-2)12(14)15-9-16-13/h9-10H,5-8H2,1-4H3,(H2,14,15,16). The Hall–Kier alpha value is -1.32. The van der Waals surface area contributed by atoms with Crippen molar-refractivity contribution < 1.29 is 0 Å². The van der Waals surface area contributed by atoms with Crippen LogP contribution in [0, 0.1) is 0 Å². The zero-order valence-electron chi connectivity index (χ0n) is 11.4. The molecule has 17 heavy (non-hydrogen) atoms. The number of anilines is 2. The summed E-state index contributed by atoms with van der Waals surface area (Å²) in [5, 5.41) is 0. The van der Waals surface area contributed by atoms with E-state index in [1.165, 1.54) is 6.42 Å². The van der Waals surface area contributed by atoms with Gasteiger partial charge in [-0.3, -0.25) is 0 Å². The van der Waals surface area contributed by atoms with Crippen LogP contribution in [0.2, 0.25) is 0 Å². The molecule has 0 radical (unpaired) electrons. The topological polar surface area (TPSA) is 55.0 Å². The van der Waals surface area contributed by atoms with Gasteiger partial charge in [-0.15, -0.1) is 0 Å². The third kappa shape index (κ3) is 3.32. The Morgan fingerprint density at radius 1 is 1.29 bits per heavy atom. The predicted octanol–water partition coefficient (Wildman–Crippen LogP) is 2.64. The third-order valence-corrected chi connectivity index (χ3v) is 3.16. The van der Waals surface area contributed by atoms with Gasteiger partial charge in [-0.05, 0) is 19.8 Å². The molecule has 4 nitrogen and oxygen atoms in total. The van der Waals surface area contributed by atoms with Gasteiger partial charge in [-0.1, -0.05) is 26.7 Å². The lowest BCUT2D eigenvalue weighted by atomic mass is 10.1. The van der Waals surface area contributed by atoms with E-state index in [9.17, 15) is 0 Å². The number of rotatable bonds is 6. The molecule has 1 atom stereocenters. The van der Waals surface area contributed by atoms with Crippen molar-refractivity contribution in [1.29, 1.82) is 0 Å². The van der Waals surface area contributed by atoms with Crippen LogP contribution in [0.25, 0.3) is 0 Å². The highest BCUT2D eigenvalue weighted by atomic mass is 15.2. The van der Waals surface area contributed by atoms with Crippen LogP contribution < -0.4 is 10.6 Å². The van der Waals surface area contributed by atoms with E-state index in [1.54, 1.807) is 6.33 Å². The van der Waals surface area contributed by atoms with E-state index in [2.05, 4.69) is 42.7 Å². The average Bonchev–Trinajstić information content (AvgIpc) is 2.31. The van der Waals surface area contributed by atoms with Gasteiger partial charge in [0, 0.05) is 18.7 Å². The van der Waals surface area contributed by atoms with Gasteiger partial charge >= 0.3 is 0 Å². The molecule has 4 heteroatoms. The Morgan fingerprint density at radius 3 is 2.59 bits per heavy atom. The second kappa shape index (κ2) is 6.42. The Morgan fingerprint density at radius 2 is 2.00 bits per heavy atom. The molecule has 0 spiro atoms. The summed E-state index contributed by atoms with van der Waals surface area (Å²) < 4.78 is 0. The predicted molar refractivity (Wildman–Crippen MR) is 73.2 cm³/mol. The fraction of sp³-hybridized carbons (Fsp3) is 0.692. The van der Waals surface area contributed by atoms with Crippen LogP contribution >= 0.6 is 0 Å². The molecule has 96 valence electrons. The first kappa shape index (κ1) is 13.7. The summed E-state index contributed by atoms with van der Waals surface area (Å²) >= 11 is 0. The van der Waals surface area contributed by atoms with E-state index in [0.717, 1.165) is 30.6 Å². The second-order valence-electron chi connectivity index (χ2n) is 4.56. The monoisotopic (exact) mass is 236 g/mol. The van der Waals surface area contributed by atoms with Gasteiger partial charge in [0.2, 0.25) is 0 Å². The molecule has 1 aromatic rings. The molecule has 2 N–H and O–H groups in total. The van der Waals surface area contributed by atoms with Crippen molar-refractivity contribution in [3.63, 3.8) is 0 Å². The number of aromatic nitrogens is 2. The summed E-state index contributed by atoms with van der Waals surface area (Å²) in [5.41, 5.74) is 7.03. The molecule has 1 heterocycles. The first-order valence-electron chi connectivity index (χ1n) is 6.43. The van der Waals surface area contributed by atoms with Crippen LogP contribution in [-0.4, -0.2) is 23.1 Å². The molecule has 0 amide bonds. The minimum atomic E-state index is 0.477. The summed E-state index contributed by atoms with van der Waals surface area (Å²) in [7, 11) is 2.08. The van der Waals surface area contributed by atoms with E-state index in [1.807, 2.05) is 0 Å². The maximum absolute atomic E-state index is 5.94. The van der Waals surface area contributed by atoms with Crippen molar-refractivity contribution in [1.82, 2.24) is 9.97 Å². The van der Waals surface area contributed by atoms with Gasteiger partial charge in [0.25, 0.3) is 0 Å².